The lowest BCUT2D eigenvalue weighted by Gasteiger charge is -2.05. The van der Waals surface area contributed by atoms with Crippen molar-refractivity contribution in [3.63, 3.8) is 0 Å². The summed E-state index contributed by atoms with van der Waals surface area (Å²) in [4.78, 5) is 13.8. The number of non-ortho nitro benzene ring substituents is 1. The van der Waals surface area contributed by atoms with Crippen molar-refractivity contribution in [1.82, 2.24) is 4.98 Å². The van der Waals surface area contributed by atoms with E-state index in [1.165, 1.54) is 30.5 Å². The van der Waals surface area contributed by atoms with Crippen LogP contribution in [-0.4, -0.2) is 9.91 Å². The topological polar surface area (TPSA) is 91.3 Å². The van der Waals surface area contributed by atoms with Crippen molar-refractivity contribution in [1.29, 1.82) is 0 Å². The van der Waals surface area contributed by atoms with Gasteiger partial charge in [0.25, 0.3) is 5.69 Å². The number of nitrogens with zero attached hydrogens (tertiary/aromatic N) is 2. The summed E-state index contributed by atoms with van der Waals surface area (Å²) in [5, 5.41) is 10.5. The van der Waals surface area contributed by atoms with Crippen LogP contribution in [0.1, 0.15) is 13.8 Å². The molecule has 0 saturated heterocycles. The first-order valence-corrected chi connectivity index (χ1v) is 5.79. The van der Waals surface area contributed by atoms with E-state index in [0.717, 1.165) is 0 Å². The van der Waals surface area contributed by atoms with Gasteiger partial charge in [-0.15, -0.1) is 0 Å². The Labute approximate surface area is 111 Å². The Hall–Kier alpha value is -2.63. The summed E-state index contributed by atoms with van der Waals surface area (Å²) in [5.74, 6) is 1.39. The standard InChI is InChI=1S/C11H9N3O3.C2H6/c12-11-7-10(5-6-13-11)17-9-3-1-8(2-4-9)14(15)16;1-2/h1-7H,(H2,12,13);1-2H3. The van der Waals surface area contributed by atoms with Gasteiger partial charge in [0.2, 0.25) is 0 Å². The Bertz CT molecular complexity index is 541. The second kappa shape index (κ2) is 6.95. The average molecular weight is 261 g/mol. The van der Waals surface area contributed by atoms with Gasteiger partial charge in [0.05, 0.1) is 4.92 Å². The molecule has 6 heteroatoms. The number of hydrogen-bond donors (Lipinski definition) is 1. The van der Waals surface area contributed by atoms with Gasteiger partial charge < -0.3 is 10.5 Å². The fraction of sp³-hybridized carbons (Fsp3) is 0.154. The number of anilines is 1. The van der Waals surface area contributed by atoms with Gasteiger partial charge in [-0.3, -0.25) is 10.1 Å². The maximum atomic E-state index is 10.5. The van der Waals surface area contributed by atoms with E-state index in [0.29, 0.717) is 17.3 Å². The zero-order chi connectivity index (χ0) is 14.3. The molecular weight excluding hydrogens is 246 g/mol. The molecule has 0 amide bonds. The van der Waals surface area contributed by atoms with Gasteiger partial charge in [0, 0.05) is 24.4 Å². The van der Waals surface area contributed by atoms with Crippen molar-refractivity contribution in [2.75, 3.05) is 5.73 Å². The van der Waals surface area contributed by atoms with Crippen LogP contribution in [-0.2, 0) is 0 Å². The monoisotopic (exact) mass is 261 g/mol. The number of rotatable bonds is 3. The first kappa shape index (κ1) is 14.4. The third kappa shape index (κ3) is 4.27. The SMILES string of the molecule is CC.Nc1cc(Oc2ccc([N+](=O)[O-])cc2)ccn1. The molecule has 0 aliphatic heterocycles. The van der Waals surface area contributed by atoms with Crippen LogP contribution in [0.3, 0.4) is 0 Å². The third-order valence-corrected chi connectivity index (χ3v) is 2.04. The molecule has 2 aromatic rings. The highest BCUT2D eigenvalue weighted by molar-refractivity contribution is 5.41. The molecule has 19 heavy (non-hydrogen) atoms. The molecule has 0 atom stereocenters. The van der Waals surface area contributed by atoms with E-state index in [9.17, 15) is 10.1 Å². The highest BCUT2D eigenvalue weighted by Gasteiger charge is 2.05. The number of ether oxygens (including phenoxy) is 1. The molecule has 0 unspecified atom stereocenters. The van der Waals surface area contributed by atoms with Crippen LogP contribution >= 0.6 is 0 Å². The fourth-order valence-corrected chi connectivity index (χ4v) is 1.26. The lowest BCUT2D eigenvalue weighted by atomic mass is 10.3. The number of aromatic nitrogens is 1. The molecule has 0 radical (unpaired) electrons. The van der Waals surface area contributed by atoms with Crippen LogP contribution in [0.5, 0.6) is 11.5 Å². The fourth-order valence-electron chi connectivity index (χ4n) is 1.26. The number of nitrogen functional groups attached to an aromatic ring is 1. The van der Waals surface area contributed by atoms with Crippen molar-refractivity contribution >= 4 is 11.5 Å². The van der Waals surface area contributed by atoms with Crippen molar-refractivity contribution in [2.45, 2.75) is 13.8 Å². The summed E-state index contributed by atoms with van der Waals surface area (Å²) < 4.78 is 5.45. The van der Waals surface area contributed by atoms with Crippen molar-refractivity contribution in [3.8, 4) is 11.5 Å². The molecule has 0 fully saturated rings. The molecular formula is C13H15N3O3. The normalized spacial score (nSPS) is 9.16. The third-order valence-electron chi connectivity index (χ3n) is 2.04. The summed E-state index contributed by atoms with van der Waals surface area (Å²) in [6, 6.07) is 9.02. The second-order valence-electron chi connectivity index (χ2n) is 3.27. The van der Waals surface area contributed by atoms with E-state index in [2.05, 4.69) is 4.98 Å². The van der Waals surface area contributed by atoms with Crippen LogP contribution < -0.4 is 10.5 Å². The van der Waals surface area contributed by atoms with Crippen LogP contribution in [0, 0.1) is 10.1 Å². The van der Waals surface area contributed by atoms with Gasteiger partial charge in [0.1, 0.15) is 17.3 Å². The van der Waals surface area contributed by atoms with Gasteiger partial charge in [-0.05, 0) is 18.2 Å². The molecule has 2 rings (SSSR count). The summed E-state index contributed by atoms with van der Waals surface area (Å²) in [6.07, 6.45) is 1.52. The maximum Gasteiger partial charge on any atom is 0.269 e. The molecule has 1 aromatic carbocycles. The number of benzene rings is 1. The number of nitro groups is 1. The zero-order valence-corrected chi connectivity index (χ0v) is 10.7. The van der Waals surface area contributed by atoms with E-state index in [-0.39, 0.29) is 5.69 Å². The van der Waals surface area contributed by atoms with Crippen LogP contribution in [0.25, 0.3) is 0 Å². The molecule has 0 bridgehead atoms. The number of pyridine rings is 1. The lowest BCUT2D eigenvalue weighted by molar-refractivity contribution is -0.384. The molecule has 0 aliphatic carbocycles. The Kier molecular flexibility index (Phi) is 5.28. The molecule has 100 valence electrons. The largest absolute Gasteiger partial charge is 0.457 e. The van der Waals surface area contributed by atoms with Gasteiger partial charge >= 0.3 is 0 Å². The Morgan fingerprint density at radius 3 is 2.32 bits per heavy atom. The van der Waals surface area contributed by atoms with E-state index in [1.807, 2.05) is 13.8 Å². The molecule has 0 spiro atoms. The molecule has 1 aromatic heterocycles. The highest BCUT2D eigenvalue weighted by Crippen LogP contribution is 2.24. The summed E-state index contributed by atoms with van der Waals surface area (Å²) >= 11 is 0. The smallest absolute Gasteiger partial charge is 0.269 e. The second-order valence-corrected chi connectivity index (χ2v) is 3.27. The van der Waals surface area contributed by atoms with E-state index in [1.54, 1.807) is 12.1 Å². The van der Waals surface area contributed by atoms with Gasteiger partial charge in [-0.1, -0.05) is 13.8 Å². The molecule has 1 heterocycles. The van der Waals surface area contributed by atoms with Gasteiger partial charge in [-0.25, -0.2) is 4.98 Å². The maximum absolute atomic E-state index is 10.5. The van der Waals surface area contributed by atoms with Crippen molar-refractivity contribution in [2.24, 2.45) is 0 Å². The number of hydrogen-bond acceptors (Lipinski definition) is 5. The summed E-state index contributed by atoms with van der Waals surface area (Å²) in [7, 11) is 0. The molecule has 2 N–H and O–H groups in total. The first-order valence-electron chi connectivity index (χ1n) is 5.79. The van der Waals surface area contributed by atoms with Crippen LogP contribution in [0.15, 0.2) is 42.6 Å². The van der Waals surface area contributed by atoms with E-state index >= 15 is 0 Å². The quantitative estimate of drug-likeness (QED) is 0.675. The van der Waals surface area contributed by atoms with Crippen molar-refractivity contribution < 1.29 is 9.66 Å². The minimum atomic E-state index is -0.464. The molecule has 0 saturated carbocycles. The summed E-state index contributed by atoms with van der Waals surface area (Å²) in [6.45, 7) is 4.00. The predicted molar refractivity (Wildman–Crippen MR) is 73.2 cm³/mol. The minimum Gasteiger partial charge on any atom is -0.457 e. The summed E-state index contributed by atoms with van der Waals surface area (Å²) in [5.41, 5.74) is 5.52. The van der Waals surface area contributed by atoms with E-state index < -0.39 is 4.92 Å². The van der Waals surface area contributed by atoms with Gasteiger partial charge in [0.15, 0.2) is 0 Å². The average Bonchev–Trinajstić information content (AvgIpc) is 2.41. The van der Waals surface area contributed by atoms with Gasteiger partial charge in [-0.2, -0.15) is 0 Å². The Balaban J connectivity index is 0.000000861. The molecule has 6 nitrogen and oxygen atoms in total. The Morgan fingerprint density at radius 1 is 1.16 bits per heavy atom. The first-order chi connectivity index (χ1) is 9.15. The van der Waals surface area contributed by atoms with Crippen molar-refractivity contribution in [3.05, 3.63) is 52.7 Å². The molecule has 0 aliphatic rings. The lowest BCUT2D eigenvalue weighted by Crippen LogP contribution is -1.91. The van der Waals surface area contributed by atoms with Crippen LogP contribution in [0.2, 0.25) is 0 Å². The number of nitro benzene ring substituents is 1. The highest BCUT2D eigenvalue weighted by atomic mass is 16.6. The minimum absolute atomic E-state index is 0.0200. The number of nitrogens with two attached hydrogens (primary N) is 1. The Morgan fingerprint density at radius 2 is 1.79 bits per heavy atom. The zero-order valence-electron chi connectivity index (χ0n) is 10.7. The predicted octanol–water partition coefficient (Wildman–Crippen LogP) is 3.39. The van der Waals surface area contributed by atoms with E-state index in [4.69, 9.17) is 10.5 Å². The van der Waals surface area contributed by atoms with Crippen LogP contribution in [0.4, 0.5) is 11.5 Å².